The highest BCUT2D eigenvalue weighted by atomic mass is 32.1. The lowest BCUT2D eigenvalue weighted by atomic mass is 10.1. The maximum absolute atomic E-state index is 12.1. The zero-order valence-electron chi connectivity index (χ0n) is 14.3. The molecule has 1 aromatic heterocycles. The number of ether oxygens (including phenoxy) is 1. The molecule has 25 heavy (non-hydrogen) atoms. The Kier molecular flexibility index (Phi) is 5.46. The molecule has 2 aromatic carbocycles. The lowest BCUT2D eigenvalue weighted by molar-refractivity contribution is -0.116. The van der Waals surface area contributed by atoms with Crippen LogP contribution in [0.4, 0.5) is 5.13 Å². The highest BCUT2D eigenvalue weighted by molar-refractivity contribution is 7.14. The van der Waals surface area contributed by atoms with Crippen LogP contribution in [-0.2, 0) is 11.2 Å². The lowest BCUT2D eigenvalue weighted by Gasteiger charge is -2.05. The quantitative estimate of drug-likeness (QED) is 0.700. The van der Waals surface area contributed by atoms with Crippen LogP contribution in [0.1, 0.15) is 17.5 Å². The molecule has 0 aliphatic heterocycles. The third-order valence-corrected chi connectivity index (χ3v) is 4.68. The van der Waals surface area contributed by atoms with Crippen LogP contribution in [0.5, 0.6) is 5.75 Å². The SMILES string of the molecule is COc1ccc(-c2csc(NC(=O)CCc3ccccc3)n2)cc1C. The fourth-order valence-electron chi connectivity index (χ4n) is 2.59. The molecule has 1 amide bonds. The molecule has 1 heterocycles. The molecule has 4 nitrogen and oxygen atoms in total. The minimum absolute atomic E-state index is 0.0179. The summed E-state index contributed by atoms with van der Waals surface area (Å²) in [5, 5.41) is 5.46. The molecule has 3 aromatic rings. The zero-order chi connectivity index (χ0) is 17.6. The number of benzene rings is 2. The van der Waals surface area contributed by atoms with E-state index in [1.54, 1.807) is 7.11 Å². The first-order valence-electron chi connectivity index (χ1n) is 8.10. The number of rotatable bonds is 6. The number of hydrogen-bond donors (Lipinski definition) is 1. The summed E-state index contributed by atoms with van der Waals surface area (Å²) < 4.78 is 5.28. The smallest absolute Gasteiger partial charge is 0.226 e. The van der Waals surface area contributed by atoms with E-state index in [0.29, 0.717) is 11.6 Å². The summed E-state index contributed by atoms with van der Waals surface area (Å²) in [5.41, 5.74) is 4.08. The molecule has 0 unspecified atom stereocenters. The van der Waals surface area contributed by atoms with Gasteiger partial charge in [-0.1, -0.05) is 30.3 Å². The van der Waals surface area contributed by atoms with Crippen LogP contribution < -0.4 is 10.1 Å². The number of amides is 1. The summed E-state index contributed by atoms with van der Waals surface area (Å²) in [4.78, 5) is 16.6. The van der Waals surface area contributed by atoms with Crippen LogP contribution in [0.15, 0.2) is 53.9 Å². The number of aromatic nitrogens is 1. The third-order valence-electron chi connectivity index (χ3n) is 3.92. The number of hydrogen-bond acceptors (Lipinski definition) is 4. The second-order valence-corrected chi connectivity index (χ2v) is 6.61. The van der Waals surface area contributed by atoms with Gasteiger partial charge in [-0.15, -0.1) is 11.3 Å². The van der Waals surface area contributed by atoms with Gasteiger partial charge in [0, 0.05) is 17.4 Å². The van der Waals surface area contributed by atoms with Gasteiger partial charge in [-0.05, 0) is 42.7 Å². The maximum atomic E-state index is 12.1. The van der Waals surface area contributed by atoms with Gasteiger partial charge in [-0.25, -0.2) is 4.98 Å². The van der Waals surface area contributed by atoms with E-state index in [-0.39, 0.29) is 5.91 Å². The highest BCUT2D eigenvalue weighted by Crippen LogP contribution is 2.28. The largest absolute Gasteiger partial charge is 0.496 e. The van der Waals surface area contributed by atoms with Crippen LogP contribution in [-0.4, -0.2) is 18.0 Å². The monoisotopic (exact) mass is 352 g/mol. The van der Waals surface area contributed by atoms with E-state index in [4.69, 9.17) is 4.74 Å². The molecule has 1 N–H and O–H groups in total. The molecule has 0 saturated heterocycles. The van der Waals surface area contributed by atoms with E-state index in [2.05, 4.69) is 10.3 Å². The molecular weight excluding hydrogens is 332 g/mol. The number of aryl methyl sites for hydroxylation is 2. The Balaban J connectivity index is 1.61. The number of thiazole rings is 1. The van der Waals surface area contributed by atoms with Gasteiger partial charge < -0.3 is 10.1 Å². The standard InChI is InChI=1S/C20H20N2O2S/c1-14-12-16(9-10-18(14)24-2)17-13-25-20(21-17)22-19(23)11-8-15-6-4-3-5-7-15/h3-7,9-10,12-13H,8,11H2,1-2H3,(H,21,22,23). The molecule has 0 aliphatic rings. The van der Waals surface area contributed by atoms with E-state index in [0.717, 1.165) is 34.6 Å². The fraction of sp³-hybridized carbons (Fsp3) is 0.200. The predicted molar refractivity (Wildman–Crippen MR) is 102 cm³/mol. The molecule has 0 bridgehead atoms. The Bertz CT molecular complexity index is 859. The molecule has 0 aliphatic carbocycles. The van der Waals surface area contributed by atoms with Crippen LogP contribution in [0.2, 0.25) is 0 Å². The van der Waals surface area contributed by atoms with Crippen LogP contribution in [0.3, 0.4) is 0 Å². The normalized spacial score (nSPS) is 10.5. The van der Waals surface area contributed by atoms with Gasteiger partial charge in [0.1, 0.15) is 5.75 Å². The van der Waals surface area contributed by atoms with Crippen molar-refractivity contribution in [2.24, 2.45) is 0 Å². The van der Waals surface area contributed by atoms with Crippen molar-refractivity contribution in [3.63, 3.8) is 0 Å². The topological polar surface area (TPSA) is 51.2 Å². The van der Waals surface area contributed by atoms with Gasteiger partial charge in [0.15, 0.2) is 5.13 Å². The zero-order valence-corrected chi connectivity index (χ0v) is 15.1. The predicted octanol–water partition coefficient (Wildman–Crippen LogP) is 4.70. The Labute approximate surface area is 151 Å². The molecule has 128 valence electrons. The summed E-state index contributed by atoms with van der Waals surface area (Å²) in [6, 6.07) is 15.9. The van der Waals surface area contributed by atoms with Gasteiger partial charge >= 0.3 is 0 Å². The van der Waals surface area contributed by atoms with Crippen LogP contribution >= 0.6 is 11.3 Å². The molecule has 5 heteroatoms. The summed E-state index contributed by atoms with van der Waals surface area (Å²) in [6.07, 6.45) is 1.17. The number of nitrogens with zero attached hydrogens (tertiary/aromatic N) is 1. The average molecular weight is 352 g/mol. The van der Waals surface area contributed by atoms with Crippen molar-refractivity contribution >= 4 is 22.4 Å². The second-order valence-electron chi connectivity index (χ2n) is 5.76. The summed E-state index contributed by atoms with van der Waals surface area (Å²) in [5.74, 6) is 0.837. The highest BCUT2D eigenvalue weighted by Gasteiger charge is 2.09. The fourth-order valence-corrected chi connectivity index (χ4v) is 3.32. The lowest BCUT2D eigenvalue weighted by Crippen LogP contribution is -2.12. The summed E-state index contributed by atoms with van der Waals surface area (Å²) in [6.45, 7) is 2.00. The molecule has 3 rings (SSSR count). The van der Waals surface area contributed by atoms with Crippen molar-refractivity contribution in [3.8, 4) is 17.0 Å². The Morgan fingerprint density at radius 3 is 2.72 bits per heavy atom. The first-order valence-corrected chi connectivity index (χ1v) is 8.98. The van der Waals surface area contributed by atoms with Gasteiger partial charge in [-0.2, -0.15) is 0 Å². The first-order chi connectivity index (χ1) is 12.2. The molecular formula is C20H20N2O2S. The van der Waals surface area contributed by atoms with Crippen molar-refractivity contribution in [2.75, 3.05) is 12.4 Å². The third kappa shape index (κ3) is 4.45. The van der Waals surface area contributed by atoms with E-state index in [1.807, 2.05) is 60.8 Å². The van der Waals surface area contributed by atoms with Crippen molar-refractivity contribution < 1.29 is 9.53 Å². The number of carbonyl (C=O) groups is 1. The first kappa shape index (κ1) is 17.2. The minimum Gasteiger partial charge on any atom is -0.496 e. The van der Waals surface area contributed by atoms with E-state index in [1.165, 1.54) is 11.3 Å². The van der Waals surface area contributed by atoms with Crippen molar-refractivity contribution in [1.82, 2.24) is 4.98 Å². The van der Waals surface area contributed by atoms with Crippen LogP contribution in [0.25, 0.3) is 11.3 Å². The van der Waals surface area contributed by atoms with E-state index < -0.39 is 0 Å². The molecule has 0 radical (unpaired) electrons. The van der Waals surface area contributed by atoms with Gasteiger partial charge in [0.25, 0.3) is 0 Å². The van der Waals surface area contributed by atoms with Crippen LogP contribution in [0, 0.1) is 6.92 Å². The Morgan fingerprint density at radius 1 is 1.20 bits per heavy atom. The van der Waals surface area contributed by atoms with Crippen molar-refractivity contribution in [1.29, 1.82) is 0 Å². The molecule has 0 atom stereocenters. The van der Waals surface area contributed by atoms with Gasteiger partial charge in [-0.3, -0.25) is 4.79 Å². The second kappa shape index (κ2) is 7.94. The van der Waals surface area contributed by atoms with Gasteiger partial charge in [0.2, 0.25) is 5.91 Å². The number of anilines is 1. The Hall–Kier alpha value is -2.66. The van der Waals surface area contributed by atoms with Gasteiger partial charge in [0.05, 0.1) is 12.8 Å². The van der Waals surface area contributed by atoms with E-state index in [9.17, 15) is 4.79 Å². The van der Waals surface area contributed by atoms with Crippen molar-refractivity contribution in [2.45, 2.75) is 19.8 Å². The minimum atomic E-state index is -0.0179. The van der Waals surface area contributed by atoms with E-state index >= 15 is 0 Å². The molecule has 0 spiro atoms. The Morgan fingerprint density at radius 2 is 2.00 bits per heavy atom. The van der Waals surface area contributed by atoms with Crippen molar-refractivity contribution in [3.05, 3.63) is 65.0 Å². The average Bonchev–Trinajstić information content (AvgIpc) is 3.09. The summed E-state index contributed by atoms with van der Waals surface area (Å²) in [7, 11) is 1.66. The number of nitrogens with one attached hydrogen (secondary N) is 1. The summed E-state index contributed by atoms with van der Waals surface area (Å²) >= 11 is 1.44. The number of methoxy groups -OCH3 is 1. The number of carbonyl (C=O) groups excluding carboxylic acids is 1. The molecule has 0 fully saturated rings. The molecule has 0 saturated carbocycles. The maximum Gasteiger partial charge on any atom is 0.226 e.